The van der Waals surface area contributed by atoms with Gasteiger partial charge in [0.05, 0.1) is 4.90 Å². The summed E-state index contributed by atoms with van der Waals surface area (Å²) in [5.74, 6) is 0.480. The summed E-state index contributed by atoms with van der Waals surface area (Å²) in [7, 11) is -1.53. The van der Waals surface area contributed by atoms with Crippen LogP contribution in [0.15, 0.2) is 29.2 Å². The molecule has 1 aromatic rings. The lowest BCUT2D eigenvalue weighted by molar-refractivity contribution is 0.424. The minimum atomic E-state index is -3.40. The highest BCUT2D eigenvalue weighted by Gasteiger charge is 2.25. The molecule has 0 radical (unpaired) electrons. The van der Waals surface area contributed by atoms with Gasteiger partial charge in [0.1, 0.15) is 0 Å². The van der Waals surface area contributed by atoms with Crippen LogP contribution in [0.1, 0.15) is 38.2 Å². The predicted octanol–water partition coefficient (Wildman–Crippen LogP) is 2.26. The van der Waals surface area contributed by atoms with Crippen LogP contribution in [-0.4, -0.2) is 21.5 Å². The Hall–Kier alpha value is -0.910. The van der Waals surface area contributed by atoms with Crippen LogP contribution in [0.25, 0.3) is 0 Å². The van der Waals surface area contributed by atoms with Crippen LogP contribution in [0.5, 0.6) is 0 Å². The smallest absolute Gasteiger partial charge is 0.240 e. The number of rotatable bonds is 6. The Morgan fingerprint density at radius 3 is 2.35 bits per heavy atom. The first-order valence-corrected chi connectivity index (χ1v) is 8.77. The van der Waals surface area contributed by atoms with Gasteiger partial charge in [-0.3, -0.25) is 0 Å². The number of sulfonamides is 1. The minimum absolute atomic E-state index is 0.0134. The second kappa shape index (κ2) is 6.70. The standard InChI is InChI=1S/C15H24N2O2S/c1-12(14-5-3-4-6-14)17-20(18,19)15-9-7-13(8-10-15)11-16-2/h7-10,12,14,16-17H,3-6,11H2,1-2H3. The van der Waals surface area contributed by atoms with E-state index in [1.54, 1.807) is 12.1 Å². The van der Waals surface area contributed by atoms with Gasteiger partial charge >= 0.3 is 0 Å². The molecule has 2 rings (SSSR count). The van der Waals surface area contributed by atoms with E-state index in [1.807, 2.05) is 26.1 Å². The molecule has 112 valence electrons. The third kappa shape index (κ3) is 3.81. The van der Waals surface area contributed by atoms with E-state index >= 15 is 0 Å². The van der Waals surface area contributed by atoms with Crippen molar-refractivity contribution in [3.8, 4) is 0 Å². The summed E-state index contributed by atoms with van der Waals surface area (Å²) in [5, 5.41) is 3.05. The maximum absolute atomic E-state index is 12.3. The van der Waals surface area contributed by atoms with Crippen LogP contribution in [-0.2, 0) is 16.6 Å². The summed E-state index contributed by atoms with van der Waals surface area (Å²) in [6.45, 7) is 2.72. The number of nitrogens with one attached hydrogen (secondary N) is 2. The molecule has 1 saturated carbocycles. The zero-order chi connectivity index (χ0) is 14.6. The fourth-order valence-corrected chi connectivity index (χ4v) is 4.17. The Balaban J connectivity index is 2.05. The van der Waals surface area contributed by atoms with E-state index in [4.69, 9.17) is 0 Å². The van der Waals surface area contributed by atoms with Gasteiger partial charge in [-0.25, -0.2) is 13.1 Å². The van der Waals surface area contributed by atoms with E-state index in [2.05, 4.69) is 10.0 Å². The first kappa shape index (κ1) is 15.5. The topological polar surface area (TPSA) is 58.2 Å². The van der Waals surface area contributed by atoms with Gasteiger partial charge in [0.15, 0.2) is 0 Å². The Labute approximate surface area is 122 Å². The highest BCUT2D eigenvalue weighted by molar-refractivity contribution is 7.89. The Kier molecular flexibility index (Phi) is 5.18. The van der Waals surface area contributed by atoms with Crippen LogP contribution in [0, 0.1) is 5.92 Å². The monoisotopic (exact) mass is 296 g/mol. The number of benzene rings is 1. The molecule has 1 aromatic carbocycles. The largest absolute Gasteiger partial charge is 0.316 e. The highest BCUT2D eigenvalue weighted by Crippen LogP contribution is 2.28. The summed E-state index contributed by atoms with van der Waals surface area (Å²) >= 11 is 0. The van der Waals surface area contributed by atoms with Crippen molar-refractivity contribution in [2.75, 3.05) is 7.05 Å². The molecule has 2 N–H and O–H groups in total. The first-order valence-electron chi connectivity index (χ1n) is 7.29. The summed E-state index contributed by atoms with van der Waals surface area (Å²) in [5.41, 5.74) is 1.08. The lowest BCUT2D eigenvalue weighted by atomic mass is 10.0. The van der Waals surface area contributed by atoms with E-state index in [0.717, 1.165) is 24.9 Å². The quantitative estimate of drug-likeness (QED) is 0.846. The normalized spacial score (nSPS) is 18.3. The van der Waals surface area contributed by atoms with Crippen LogP contribution in [0.4, 0.5) is 0 Å². The van der Waals surface area contributed by atoms with Crippen LogP contribution >= 0.6 is 0 Å². The van der Waals surface area contributed by atoms with Gasteiger partial charge in [-0.1, -0.05) is 25.0 Å². The summed E-state index contributed by atoms with van der Waals surface area (Å²) in [6.07, 6.45) is 4.69. The molecule has 5 heteroatoms. The highest BCUT2D eigenvalue weighted by atomic mass is 32.2. The van der Waals surface area contributed by atoms with Crippen molar-refractivity contribution in [2.45, 2.75) is 50.1 Å². The van der Waals surface area contributed by atoms with E-state index in [1.165, 1.54) is 12.8 Å². The van der Waals surface area contributed by atoms with Crippen molar-refractivity contribution in [3.05, 3.63) is 29.8 Å². The molecule has 0 aromatic heterocycles. The Morgan fingerprint density at radius 1 is 1.20 bits per heavy atom. The average Bonchev–Trinajstić information content (AvgIpc) is 2.93. The Morgan fingerprint density at radius 2 is 1.80 bits per heavy atom. The Bertz CT molecular complexity index is 519. The summed E-state index contributed by atoms with van der Waals surface area (Å²) in [4.78, 5) is 0.349. The third-order valence-corrected chi connectivity index (χ3v) is 5.64. The van der Waals surface area contributed by atoms with Crippen LogP contribution in [0.3, 0.4) is 0 Å². The van der Waals surface area contributed by atoms with E-state index in [9.17, 15) is 8.42 Å². The molecule has 0 saturated heterocycles. The number of hydrogen-bond acceptors (Lipinski definition) is 3. The second-order valence-corrected chi connectivity index (χ2v) is 7.34. The minimum Gasteiger partial charge on any atom is -0.316 e. The van der Waals surface area contributed by atoms with Gasteiger partial charge in [-0.15, -0.1) is 0 Å². The van der Waals surface area contributed by atoms with Crippen molar-refractivity contribution >= 4 is 10.0 Å². The molecule has 0 bridgehead atoms. The second-order valence-electron chi connectivity index (χ2n) is 5.63. The lowest BCUT2D eigenvalue weighted by Crippen LogP contribution is -2.37. The molecule has 4 nitrogen and oxygen atoms in total. The van der Waals surface area contributed by atoms with Gasteiger partial charge < -0.3 is 5.32 Å². The van der Waals surface area contributed by atoms with Crippen molar-refractivity contribution in [1.29, 1.82) is 0 Å². The molecule has 1 aliphatic carbocycles. The number of hydrogen-bond donors (Lipinski definition) is 2. The fraction of sp³-hybridized carbons (Fsp3) is 0.600. The van der Waals surface area contributed by atoms with E-state index in [-0.39, 0.29) is 6.04 Å². The molecule has 1 unspecified atom stereocenters. The molecule has 1 aliphatic rings. The van der Waals surface area contributed by atoms with Gasteiger partial charge in [0.2, 0.25) is 10.0 Å². The zero-order valence-electron chi connectivity index (χ0n) is 12.2. The summed E-state index contributed by atoms with van der Waals surface area (Å²) < 4.78 is 27.5. The SMILES string of the molecule is CNCc1ccc(S(=O)(=O)NC(C)C2CCCC2)cc1. The van der Waals surface area contributed by atoms with Gasteiger partial charge in [-0.2, -0.15) is 0 Å². The average molecular weight is 296 g/mol. The third-order valence-electron chi connectivity index (χ3n) is 4.06. The van der Waals surface area contributed by atoms with Gasteiger partial charge in [0, 0.05) is 12.6 Å². The van der Waals surface area contributed by atoms with E-state index in [0.29, 0.717) is 10.8 Å². The maximum atomic E-state index is 12.3. The van der Waals surface area contributed by atoms with Gasteiger partial charge in [-0.05, 0) is 50.4 Å². The lowest BCUT2D eigenvalue weighted by Gasteiger charge is -2.20. The molecule has 1 atom stereocenters. The molecular weight excluding hydrogens is 272 g/mol. The molecule has 20 heavy (non-hydrogen) atoms. The fourth-order valence-electron chi connectivity index (χ4n) is 2.86. The molecule has 1 fully saturated rings. The van der Waals surface area contributed by atoms with Crippen molar-refractivity contribution in [3.63, 3.8) is 0 Å². The van der Waals surface area contributed by atoms with Crippen molar-refractivity contribution in [2.24, 2.45) is 5.92 Å². The summed E-state index contributed by atoms with van der Waals surface area (Å²) in [6, 6.07) is 7.07. The predicted molar refractivity (Wildman–Crippen MR) is 80.9 cm³/mol. The van der Waals surface area contributed by atoms with Gasteiger partial charge in [0.25, 0.3) is 0 Å². The van der Waals surface area contributed by atoms with Crippen molar-refractivity contribution < 1.29 is 8.42 Å². The molecule has 0 spiro atoms. The van der Waals surface area contributed by atoms with Crippen LogP contribution < -0.4 is 10.0 Å². The zero-order valence-corrected chi connectivity index (χ0v) is 13.0. The van der Waals surface area contributed by atoms with Crippen molar-refractivity contribution in [1.82, 2.24) is 10.0 Å². The first-order chi connectivity index (χ1) is 9.53. The molecular formula is C15H24N2O2S. The molecule has 0 amide bonds. The van der Waals surface area contributed by atoms with E-state index < -0.39 is 10.0 Å². The van der Waals surface area contributed by atoms with Crippen LogP contribution in [0.2, 0.25) is 0 Å². The molecule has 0 heterocycles. The maximum Gasteiger partial charge on any atom is 0.240 e. The molecule has 0 aliphatic heterocycles.